The number of alkyl halides is 6. The molecule has 2 atom stereocenters. The van der Waals surface area contributed by atoms with Crippen molar-refractivity contribution in [2.24, 2.45) is 0 Å². The molecule has 33 heavy (non-hydrogen) atoms. The summed E-state index contributed by atoms with van der Waals surface area (Å²) in [4.78, 5) is 14.1. The first kappa shape index (κ1) is 27.2. The first-order valence-corrected chi connectivity index (χ1v) is 9.89. The van der Waals surface area contributed by atoms with Crippen molar-refractivity contribution in [3.8, 4) is 0 Å². The highest BCUT2D eigenvalue weighted by Crippen LogP contribution is 2.37. The number of nitrogens with one attached hydrogen (secondary N) is 1. The van der Waals surface area contributed by atoms with Crippen LogP contribution >= 0.6 is 24.0 Å². The maximum Gasteiger partial charge on any atom is 0.416 e. The van der Waals surface area contributed by atoms with Gasteiger partial charge < -0.3 is 10.2 Å². The number of nitrogens with zero attached hydrogens (tertiary/aromatic N) is 1. The number of amides is 1. The predicted octanol–water partition coefficient (Wildman–Crippen LogP) is 6.16. The van der Waals surface area contributed by atoms with Crippen LogP contribution in [-0.2, 0) is 12.4 Å². The molecule has 0 aromatic heterocycles. The Morgan fingerprint density at radius 1 is 1.03 bits per heavy atom. The third-order valence-corrected chi connectivity index (χ3v) is 5.76. The lowest BCUT2D eigenvalue weighted by atomic mass is 9.85. The Hall–Kier alpha value is -2.04. The molecule has 1 aliphatic heterocycles. The van der Waals surface area contributed by atoms with Gasteiger partial charge in [-0.05, 0) is 48.9 Å². The summed E-state index contributed by atoms with van der Waals surface area (Å²) >= 11 is 5.85. The van der Waals surface area contributed by atoms with Crippen LogP contribution in [0.1, 0.15) is 39.4 Å². The second-order valence-electron chi connectivity index (χ2n) is 7.55. The van der Waals surface area contributed by atoms with E-state index in [1.807, 2.05) is 0 Å². The third-order valence-electron chi connectivity index (χ3n) is 5.47. The summed E-state index contributed by atoms with van der Waals surface area (Å²) in [5.74, 6) is -2.01. The topological polar surface area (TPSA) is 32.3 Å². The fourth-order valence-electron chi connectivity index (χ4n) is 3.82. The largest absolute Gasteiger partial charge is 0.416 e. The molecule has 2 aromatic rings. The molecule has 0 saturated carbocycles. The van der Waals surface area contributed by atoms with E-state index >= 15 is 0 Å². The van der Waals surface area contributed by atoms with Gasteiger partial charge in [-0.15, -0.1) is 12.4 Å². The maximum atomic E-state index is 13.5. The second-order valence-corrected chi connectivity index (χ2v) is 7.96. The Morgan fingerprint density at radius 2 is 1.61 bits per heavy atom. The minimum Gasteiger partial charge on any atom is -0.338 e. The highest BCUT2D eigenvalue weighted by molar-refractivity contribution is 6.30. The zero-order valence-corrected chi connectivity index (χ0v) is 18.6. The molecule has 2 aromatic carbocycles. The molecule has 0 bridgehead atoms. The fourth-order valence-corrected chi connectivity index (χ4v) is 4.01. The Kier molecular flexibility index (Phi) is 8.30. The molecule has 12 heteroatoms. The van der Waals surface area contributed by atoms with E-state index in [9.17, 15) is 35.5 Å². The molecule has 1 amide bonds. The van der Waals surface area contributed by atoms with Crippen LogP contribution in [0.15, 0.2) is 36.4 Å². The molecule has 182 valence electrons. The Bertz CT molecular complexity index is 979. The molecule has 2 unspecified atom stereocenters. The Morgan fingerprint density at radius 3 is 2.12 bits per heavy atom. The zero-order valence-electron chi connectivity index (χ0n) is 17.0. The summed E-state index contributed by atoms with van der Waals surface area (Å²) < 4.78 is 92.5. The van der Waals surface area contributed by atoms with Gasteiger partial charge >= 0.3 is 12.4 Å². The zero-order chi connectivity index (χ0) is 23.8. The summed E-state index contributed by atoms with van der Waals surface area (Å²) in [6.07, 6.45) is -9.74. The lowest BCUT2D eigenvalue weighted by molar-refractivity contribution is -0.143. The van der Waals surface area contributed by atoms with Gasteiger partial charge in [0.15, 0.2) is 0 Å². The molecule has 1 heterocycles. The Balaban J connectivity index is 0.00000385. The van der Waals surface area contributed by atoms with Crippen molar-refractivity contribution in [1.82, 2.24) is 10.2 Å². The van der Waals surface area contributed by atoms with E-state index < -0.39 is 52.7 Å². The van der Waals surface area contributed by atoms with E-state index in [0.717, 1.165) is 11.0 Å². The van der Waals surface area contributed by atoms with Crippen LogP contribution in [0.5, 0.6) is 0 Å². The molecule has 1 saturated heterocycles. The van der Waals surface area contributed by atoms with Gasteiger partial charge in [0.1, 0.15) is 5.82 Å². The third kappa shape index (κ3) is 6.10. The molecule has 3 rings (SSSR count). The molecule has 0 aliphatic carbocycles. The number of likely N-dealkylation sites (N-methyl/N-ethyl adjacent to an activating group) is 1. The molecular formula is C21H19Cl2F7N2O. The van der Waals surface area contributed by atoms with Crippen molar-refractivity contribution >= 4 is 29.9 Å². The summed E-state index contributed by atoms with van der Waals surface area (Å²) in [6, 6.07) is 4.28. The van der Waals surface area contributed by atoms with Crippen molar-refractivity contribution < 1.29 is 35.5 Å². The number of carbonyl (C=O) groups is 1. The fraction of sp³-hybridized carbons (Fsp3) is 0.381. The van der Waals surface area contributed by atoms with Crippen LogP contribution in [0, 0.1) is 5.82 Å². The highest BCUT2D eigenvalue weighted by Gasteiger charge is 2.39. The molecule has 1 aliphatic rings. The summed E-state index contributed by atoms with van der Waals surface area (Å²) in [7, 11) is 1.32. The molecular weight excluding hydrogens is 500 g/mol. The van der Waals surface area contributed by atoms with Crippen molar-refractivity contribution in [2.45, 2.75) is 30.7 Å². The van der Waals surface area contributed by atoms with Crippen molar-refractivity contribution in [3.05, 3.63) is 69.5 Å². The standard InChI is InChI=1S/C21H18ClF7N2O.ClH/c1-31(18-4-5-30-10-15(18)11-2-3-17(23)16(22)8-11)19(32)12-6-13(20(24,25)26)9-14(7-12)21(27,28)29;/h2-3,6-9,15,18,30H,4-5,10H2,1H3;1H. The molecule has 3 nitrogen and oxygen atoms in total. The SMILES string of the molecule is CN(C(=O)c1cc(C(F)(F)F)cc(C(F)(F)F)c1)C1CCNCC1c1ccc(F)c(Cl)c1.Cl. The minimum atomic E-state index is -5.06. The number of piperidine rings is 1. The van der Waals surface area contributed by atoms with Crippen LogP contribution in [0.2, 0.25) is 5.02 Å². The van der Waals surface area contributed by atoms with Gasteiger partial charge in [-0.3, -0.25) is 4.79 Å². The van der Waals surface area contributed by atoms with Gasteiger partial charge in [0.25, 0.3) is 5.91 Å². The average Bonchev–Trinajstić information content (AvgIpc) is 2.73. The van der Waals surface area contributed by atoms with Gasteiger partial charge in [-0.1, -0.05) is 17.7 Å². The number of carbonyl (C=O) groups excluding carboxylic acids is 1. The quantitative estimate of drug-likeness (QED) is 0.494. The van der Waals surface area contributed by atoms with E-state index in [4.69, 9.17) is 11.6 Å². The van der Waals surface area contributed by atoms with Gasteiger partial charge in [0.05, 0.1) is 16.1 Å². The van der Waals surface area contributed by atoms with Crippen LogP contribution in [0.25, 0.3) is 0 Å². The van der Waals surface area contributed by atoms with Crippen molar-refractivity contribution in [2.75, 3.05) is 20.1 Å². The lowest BCUT2D eigenvalue weighted by Gasteiger charge is -2.39. The first-order chi connectivity index (χ1) is 14.8. The number of benzene rings is 2. The van der Waals surface area contributed by atoms with Gasteiger partial charge in [-0.25, -0.2) is 4.39 Å². The van der Waals surface area contributed by atoms with Crippen LogP contribution in [-0.4, -0.2) is 37.0 Å². The lowest BCUT2D eigenvalue weighted by Crippen LogP contribution is -2.49. The van der Waals surface area contributed by atoms with Gasteiger partial charge in [-0.2, -0.15) is 26.3 Å². The van der Waals surface area contributed by atoms with E-state index in [1.165, 1.54) is 19.2 Å². The number of hydrogen-bond donors (Lipinski definition) is 1. The molecule has 1 N–H and O–H groups in total. The molecule has 0 radical (unpaired) electrons. The molecule has 1 fully saturated rings. The van der Waals surface area contributed by atoms with Crippen molar-refractivity contribution in [3.63, 3.8) is 0 Å². The first-order valence-electron chi connectivity index (χ1n) is 9.51. The minimum absolute atomic E-state index is 0. The summed E-state index contributed by atoms with van der Waals surface area (Å²) in [6.45, 7) is 0.838. The average molecular weight is 519 g/mol. The van der Waals surface area contributed by atoms with Gasteiger partial charge in [0.2, 0.25) is 0 Å². The second kappa shape index (κ2) is 10.1. The summed E-state index contributed by atoms with van der Waals surface area (Å²) in [5.41, 5.74) is -3.25. The smallest absolute Gasteiger partial charge is 0.338 e. The van der Waals surface area contributed by atoms with Crippen LogP contribution in [0.3, 0.4) is 0 Å². The number of rotatable bonds is 3. The van der Waals surface area contributed by atoms with E-state index in [2.05, 4.69) is 5.32 Å². The van der Waals surface area contributed by atoms with Gasteiger partial charge in [0, 0.05) is 31.1 Å². The predicted molar refractivity (Wildman–Crippen MR) is 111 cm³/mol. The summed E-state index contributed by atoms with van der Waals surface area (Å²) in [5, 5.41) is 2.99. The van der Waals surface area contributed by atoms with Crippen LogP contribution in [0.4, 0.5) is 30.7 Å². The molecule has 0 spiro atoms. The van der Waals surface area contributed by atoms with E-state index in [0.29, 0.717) is 37.2 Å². The highest BCUT2D eigenvalue weighted by atomic mass is 35.5. The number of halogens is 9. The van der Waals surface area contributed by atoms with E-state index in [-0.39, 0.29) is 23.5 Å². The number of hydrogen-bond acceptors (Lipinski definition) is 2. The van der Waals surface area contributed by atoms with E-state index in [1.54, 1.807) is 0 Å². The van der Waals surface area contributed by atoms with Crippen LogP contribution < -0.4 is 5.32 Å². The van der Waals surface area contributed by atoms with Crippen molar-refractivity contribution in [1.29, 1.82) is 0 Å². The maximum absolute atomic E-state index is 13.5. The monoisotopic (exact) mass is 518 g/mol. The Labute approximate surface area is 196 Å². The normalized spacial score (nSPS) is 19.1.